The lowest BCUT2D eigenvalue weighted by molar-refractivity contribution is 0.0926. The zero-order valence-corrected chi connectivity index (χ0v) is 14.2. The minimum Gasteiger partial charge on any atom is -0.423 e. The van der Waals surface area contributed by atoms with Crippen LogP contribution in [-0.4, -0.2) is 35.0 Å². The number of nitrogens with zero attached hydrogens (tertiary/aromatic N) is 3. The number of pyridine rings is 1. The van der Waals surface area contributed by atoms with Crippen LogP contribution in [0.25, 0.3) is 11.1 Å². The minimum atomic E-state index is -0.129. The molecule has 1 N–H and O–H groups in total. The lowest BCUT2D eigenvalue weighted by atomic mass is 10.1. The van der Waals surface area contributed by atoms with Crippen LogP contribution >= 0.6 is 11.6 Å². The largest absolute Gasteiger partial charge is 0.423 e. The molecule has 1 fully saturated rings. The number of amides is 1. The number of fused-ring (bicyclic) bond motifs is 1. The van der Waals surface area contributed by atoms with Crippen molar-refractivity contribution < 1.29 is 9.21 Å². The Bertz CT molecular complexity index is 888. The van der Waals surface area contributed by atoms with Gasteiger partial charge in [-0.25, -0.2) is 0 Å². The summed E-state index contributed by atoms with van der Waals surface area (Å²) in [5.41, 5.74) is 1.93. The van der Waals surface area contributed by atoms with Crippen molar-refractivity contribution in [1.82, 2.24) is 15.3 Å². The van der Waals surface area contributed by atoms with Crippen molar-refractivity contribution in [3.8, 4) is 0 Å². The fraction of sp³-hybridized carbons (Fsp3) is 0.278. The highest BCUT2D eigenvalue weighted by molar-refractivity contribution is 6.31. The number of carbonyl (C=O) groups excluding carboxylic acids is 1. The summed E-state index contributed by atoms with van der Waals surface area (Å²) >= 11 is 5.99. The van der Waals surface area contributed by atoms with Gasteiger partial charge in [-0.3, -0.25) is 9.78 Å². The average molecular weight is 357 g/mol. The summed E-state index contributed by atoms with van der Waals surface area (Å²) in [5, 5.41) is 3.68. The number of hydrogen-bond acceptors (Lipinski definition) is 5. The van der Waals surface area contributed by atoms with E-state index >= 15 is 0 Å². The summed E-state index contributed by atoms with van der Waals surface area (Å²) in [6.07, 6.45) is 3.28. The third kappa shape index (κ3) is 3.44. The molecule has 1 aromatic carbocycles. The molecule has 128 valence electrons. The molecule has 0 unspecified atom stereocenters. The number of aromatic nitrogens is 2. The van der Waals surface area contributed by atoms with E-state index in [4.69, 9.17) is 16.0 Å². The van der Waals surface area contributed by atoms with Gasteiger partial charge in [0.1, 0.15) is 11.2 Å². The van der Waals surface area contributed by atoms with Gasteiger partial charge >= 0.3 is 0 Å². The highest BCUT2D eigenvalue weighted by atomic mass is 35.5. The summed E-state index contributed by atoms with van der Waals surface area (Å²) in [4.78, 5) is 22.9. The van der Waals surface area contributed by atoms with E-state index in [1.807, 2.05) is 12.1 Å². The van der Waals surface area contributed by atoms with E-state index < -0.39 is 0 Å². The Morgan fingerprint density at radius 1 is 1.24 bits per heavy atom. The van der Waals surface area contributed by atoms with E-state index in [1.165, 1.54) is 0 Å². The number of piperidine rings is 1. The van der Waals surface area contributed by atoms with Crippen LogP contribution in [0, 0.1) is 0 Å². The highest BCUT2D eigenvalue weighted by Crippen LogP contribution is 2.26. The SMILES string of the molecule is O=C(NC1CCN(c2nc3ccc(Cl)cc3o2)CC1)c1ccccn1. The van der Waals surface area contributed by atoms with Gasteiger partial charge in [-0.2, -0.15) is 4.98 Å². The van der Waals surface area contributed by atoms with Gasteiger partial charge in [-0.15, -0.1) is 0 Å². The van der Waals surface area contributed by atoms with Gasteiger partial charge in [0, 0.05) is 36.4 Å². The average Bonchev–Trinajstić information content (AvgIpc) is 3.06. The van der Waals surface area contributed by atoms with Crippen molar-refractivity contribution in [2.24, 2.45) is 0 Å². The Morgan fingerprint density at radius 3 is 2.84 bits per heavy atom. The van der Waals surface area contributed by atoms with Crippen LogP contribution in [0.5, 0.6) is 0 Å². The zero-order chi connectivity index (χ0) is 17.2. The molecule has 0 atom stereocenters. The first kappa shape index (κ1) is 15.9. The maximum Gasteiger partial charge on any atom is 0.298 e. The second-order valence-corrected chi connectivity index (χ2v) is 6.49. The van der Waals surface area contributed by atoms with Crippen LogP contribution in [0.4, 0.5) is 6.01 Å². The number of rotatable bonds is 3. The molecule has 0 spiro atoms. The minimum absolute atomic E-state index is 0.129. The predicted molar refractivity (Wildman–Crippen MR) is 96.0 cm³/mol. The molecule has 6 nitrogen and oxygen atoms in total. The molecular weight excluding hydrogens is 340 g/mol. The molecule has 4 rings (SSSR count). The molecule has 25 heavy (non-hydrogen) atoms. The normalized spacial score (nSPS) is 15.5. The highest BCUT2D eigenvalue weighted by Gasteiger charge is 2.24. The summed E-state index contributed by atoms with van der Waals surface area (Å²) in [5.74, 6) is -0.129. The molecule has 3 aromatic rings. The van der Waals surface area contributed by atoms with Crippen LogP contribution in [0.3, 0.4) is 0 Å². The van der Waals surface area contributed by atoms with Crippen molar-refractivity contribution in [2.75, 3.05) is 18.0 Å². The molecule has 2 aromatic heterocycles. The number of carbonyl (C=O) groups is 1. The smallest absolute Gasteiger partial charge is 0.298 e. The van der Waals surface area contributed by atoms with Crippen LogP contribution in [0.1, 0.15) is 23.3 Å². The Morgan fingerprint density at radius 2 is 2.08 bits per heavy atom. The maximum absolute atomic E-state index is 12.2. The van der Waals surface area contributed by atoms with Crippen LogP contribution < -0.4 is 10.2 Å². The Balaban J connectivity index is 1.38. The fourth-order valence-corrected chi connectivity index (χ4v) is 3.16. The topological polar surface area (TPSA) is 71.3 Å². The van der Waals surface area contributed by atoms with Crippen LogP contribution in [0.15, 0.2) is 47.0 Å². The van der Waals surface area contributed by atoms with E-state index in [0.29, 0.717) is 22.3 Å². The van der Waals surface area contributed by atoms with E-state index in [9.17, 15) is 4.79 Å². The Hall–Kier alpha value is -2.60. The zero-order valence-electron chi connectivity index (χ0n) is 13.5. The molecule has 0 bridgehead atoms. The number of benzene rings is 1. The van der Waals surface area contributed by atoms with Crippen molar-refractivity contribution >= 4 is 34.6 Å². The number of hydrogen-bond donors (Lipinski definition) is 1. The Labute approximate surface area is 149 Å². The van der Waals surface area contributed by atoms with E-state index in [1.54, 1.807) is 30.5 Å². The summed E-state index contributed by atoms with van der Waals surface area (Å²) in [6, 6.07) is 11.5. The summed E-state index contributed by atoms with van der Waals surface area (Å²) < 4.78 is 5.81. The second-order valence-electron chi connectivity index (χ2n) is 6.06. The van der Waals surface area contributed by atoms with E-state index in [-0.39, 0.29) is 11.9 Å². The van der Waals surface area contributed by atoms with Gasteiger partial charge in [0.2, 0.25) is 0 Å². The maximum atomic E-state index is 12.2. The van der Waals surface area contributed by atoms with Gasteiger partial charge < -0.3 is 14.6 Å². The molecule has 0 aliphatic carbocycles. The molecule has 0 radical (unpaired) electrons. The Kier molecular flexibility index (Phi) is 4.28. The number of halogens is 1. The van der Waals surface area contributed by atoms with E-state index in [2.05, 4.69) is 20.2 Å². The number of nitrogens with one attached hydrogen (secondary N) is 1. The van der Waals surface area contributed by atoms with Crippen molar-refractivity contribution in [2.45, 2.75) is 18.9 Å². The van der Waals surface area contributed by atoms with Gasteiger partial charge in [0.05, 0.1) is 0 Å². The van der Waals surface area contributed by atoms with Gasteiger partial charge in [0.15, 0.2) is 5.58 Å². The molecular formula is C18H17ClN4O2. The fourth-order valence-electron chi connectivity index (χ4n) is 2.99. The predicted octanol–water partition coefficient (Wildman–Crippen LogP) is 3.28. The molecule has 0 saturated carbocycles. The third-order valence-corrected chi connectivity index (χ3v) is 4.57. The van der Waals surface area contributed by atoms with Gasteiger partial charge in [-0.1, -0.05) is 17.7 Å². The lowest BCUT2D eigenvalue weighted by Gasteiger charge is -2.31. The molecule has 1 aliphatic rings. The molecule has 3 heterocycles. The third-order valence-electron chi connectivity index (χ3n) is 4.34. The first-order chi connectivity index (χ1) is 12.2. The van der Waals surface area contributed by atoms with Gasteiger partial charge in [0.25, 0.3) is 11.9 Å². The number of anilines is 1. The van der Waals surface area contributed by atoms with E-state index in [0.717, 1.165) is 31.4 Å². The standard InChI is InChI=1S/C18H17ClN4O2/c19-12-4-5-14-16(11-12)25-18(22-14)23-9-6-13(7-10-23)21-17(24)15-3-1-2-8-20-15/h1-5,8,11,13H,6-7,9-10H2,(H,21,24). The van der Waals surface area contributed by atoms with Crippen molar-refractivity contribution in [1.29, 1.82) is 0 Å². The van der Waals surface area contributed by atoms with Crippen LogP contribution in [-0.2, 0) is 0 Å². The van der Waals surface area contributed by atoms with Crippen LogP contribution in [0.2, 0.25) is 5.02 Å². The summed E-state index contributed by atoms with van der Waals surface area (Å²) in [6.45, 7) is 1.54. The van der Waals surface area contributed by atoms with Gasteiger partial charge in [-0.05, 0) is 37.1 Å². The quantitative estimate of drug-likeness (QED) is 0.779. The molecule has 7 heteroatoms. The first-order valence-corrected chi connectivity index (χ1v) is 8.60. The number of oxazole rings is 1. The summed E-state index contributed by atoms with van der Waals surface area (Å²) in [7, 11) is 0. The monoisotopic (exact) mass is 356 g/mol. The first-order valence-electron chi connectivity index (χ1n) is 8.22. The second kappa shape index (κ2) is 6.72. The molecule has 1 amide bonds. The van der Waals surface area contributed by atoms with Crippen molar-refractivity contribution in [3.05, 3.63) is 53.3 Å². The molecule has 1 aliphatic heterocycles. The van der Waals surface area contributed by atoms with Crippen molar-refractivity contribution in [3.63, 3.8) is 0 Å². The lowest BCUT2D eigenvalue weighted by Crippen LogP contribution is -2.45. The molecule has 1 saturated heterocycles.